The zero-order valence-corrected chi connectivity index (χ0v) is 13.1. The van der Waals surface area contributed by atoms with Crippen molar-refractivity contribution < 1.29 is 18.0 Å². The number of halogens is 3. The van der Waals surface area contributed by atoms with Crippen molar-refractivity contribution in [3.63, 3.8) is 0 Å². The Kier molecular flexibility index (Phi) is 6.52. The van der Waals surface area contributed by atoms with Crippen molar-refractivity contribution in [2.45, 2.75) is 12.2 Å². The number of amides is 1. The third-order valence-corrected chi connectivity index (χ3v) is 4.14. The maximum absolute atomic E-state index is 13.0. The Morgan fingerprint density at radius 2 is 1.65 bits per heavy atom. The molecule has 0 radical (unpaired) electrons. The van der Waals surface area contributed by atoms with Crippen LogP contribution in [0.15, 0.2) is 42.5 Å². The highest BCUT2D eigenvalue weighted by atomic mass is 32.2. The van der Waals surface area contributed by atoms with E-state index in [9.17, 15) is 18.0 Å². The van der Waals surface area contributed by atoms with Gasteiger partial charge in [0.1, 0.15) is 5.82 Å². The smallest absolute Gasteiger partial charge is 0.230 e. The third-order valence-electron chi connectivity index (χ3n) is 3.13. The molecule has 23 heavy (non-hydrogen) atoms. The van der Waals surface area contributed by atoms with E-state index in [4.69, 9.17) is 0 Å². The van der Waals surface area contributed by atoms with Gasteiger partial charge in [-0.15, -0.1) is 11.8 Å². The van der Waals surface area contributed by atoms with E-state index in [-0.39, 0.29) is 17.5 Å². The number of carbonyl (C=O) groups is 1. The molecule has 0 fully saturated rings. The number of rotatable bonds is 7. The molecule has 6 heteroatoms. The van der Waals surface area contributed by atoms with Crippen LogP contribution in [0.1, 0.15) is 11.1 Å². The minimum absolute atomic E-state index is 0.125. The number of hydrogen-bond acceptors (Lipinski definition) is 2. The second-order valence-electron chi connectivity index (χ2n) is 4.97. The molecule has 2 nitrogen and oxygen atoms in total. The van der Waals surface area contributed by atoms with Crippen LogP contribution in [0.4, 0.5) is 13.2 Å². The summed E-state index contributed by atoms with van der Waals surface area (Å²) in [6, 6.07) is 9.84. The van der Waals surface area contributed by atoms with E-state index in [1.54, 1.807) is 12.1 Å². The van der Waals surface area contributed by atoms with E-state index in [2.05, 4.69) is 5.32 Å². The van der Waals surface area contributed by atoms with Gasteiger partial charge in [-0.05, 0) is 41.8 Å². The lowest BCUT2D eigenvalue weighted by molar-refractivity contribution is -0.118. The summed E-state index contributed by atoms with van der Waals surface area (Å²) in [7, 11) is 0. The second-order valence-corrected chi connectivity index (χ2v) is 5.95. The first-order valence-electron chi connectivity index (χ1n) is 7.07. The van der Waals surface area contributed by atoms with E-state index in [1.165, 1.54) is 30.0 Å². The van der Waals surface area contributed by atoms with Gasteiger partial charge in [0.2, 0.25) is 5.91 Å². The van der Waals surface area contributed by atoms with Crippen molar-refractivity contribution in [1.29, 1.82) is 0 Å². The molecule has 0 saturated carbocycles. The van der Waals surface area contributed by atoms with Crippen LogP contribution >= 0.6 is 11.8 Å². The Balaban J connectivity index is 1.65. The molecule has 1 amide bonds. The number of hydrogen-bond donors (Lipinski definition) is 1. The first-order valence-corrected chi connectivity index (χ1v) is 8.23. The molecule has 1 N–H and O–H groups in total. The lowest BCUT2D eigenvalue weighted by Gasteiger charge is -2.06. The highest BCUT2D eigenvalue weighted by molar-refractivity contribution is 7.99. The summed E-state index contributed by atoms with van der Waals surface area (Å²) >= 11 is 1.33. The van der Waals surface area contributed by atoms with Gasteiger partial charge in [0.05, 0.1) is 5.75 Å². The first-order chi connectivity index (χ1) is 11.0. The van der Waals surface area contributed by atoms with Gasteiger partial charge in [0, 0.05) is 12.3 Å². The minimum Gasteiger partial charge on any atom is -0.355 e. The van der Waals surface area contributed by atoms with Gasteiger partial charge >= 0.3 is 0 Å². The monoisotopic (exact) mass is 339 g/mol. The standard InChI is InChI=1S/C17H16F3NOS/c18-14-4-1-12(2-5-14)7-8-21-17(22)11-23-10-13-3-6-15(19)16(20)9-13/h1-6,9H,7-8,10-11H2,(H,21,22). The zero-order valence-electron chi connectivity index (χ0n) is 12.3. The average molecular weight is 339 g/mol. The lowest BCUT2D eigenvalue weighted by atomic mass is 10.1. The van der Waals surface area contributed by atoms with Crippen LogP contribution in [0.3, 0.4) is 0 Å². The van der Waals surface area contributed by atoms with Gasteiger partial charge in [0.15, 0.2) is 11.6 Å². The first kappa shape index (κ1) is 17.4. The Hall–Kier alpha value is -1.95. The average Bonchev–Trinajstić information content (AvgIpc) is 2.53. The molecule has 122 valence electrons. The van der Waals surface area contributed by atoms with E-state index < -0.39 is 11.6 Å². The number of carbonyl (C=O) groups excluding carboxylic acids is 1. The van der Waals surface area contributed by atoms with Crippen molar-refractivity contribution in [3.8, 4) is 0 Å². The van der Waals surface area contributed by atoms with Gasteiger partial charge in [-0.25, -0.2) is 13.2 Å². The summed E-state index contributed by atoms with van der Waals surface area (Å²) in [4.78, 5) is 11.7. The zero-order chi connectivity index (χ0) is 16.7. The molecule has 0 bridgehead atoms. The van der Waals surface area contributed by atoms with Crippen LogP contribution in [0, 0.1) is 17.5 Å². The SMILES string of the molecule is O=C(CSCc1ccc(F)c(F)c1)NCCc1ccc(F)cc1. The molecule has 0 spiro atoms. The number of benzene rings is 2. The summed E-state index contributed by atoms with van der Waals surface area (Å²) in [6.07, 6.45) is 0.625. The fraction of sp³-hybridized carbons (Fsp3) is 0.235. The van der Waals surface area contributed by atoms with Crippen LogP contribution in [0.5, 0.6) is 0 Å². The Morgan fingerprint density at radius 1 is 0.957 bits per heavy atom. The fourth-order valence-electron chi connectivity index (χ4n) is 1.94. The maximum atomic E-state index is 13.0. The van der Waals surface area contributed by atoms with Crippen molar-refractivity contribution in [2.24, 2.45) is 0 Å². The summed E-state index contributed by atoms with van der Waals surface area (Å²) < 4.78 is 38.6. The van der Waals surface area contributed by atoms with E-state index in [0.717, 1.165) is 17.7 Å². The van der Waals surface area contributed by atoms with Crippen LogP contribution in [0.2, 0.25) is 0 Å². The molecule has 0 aromatic heterocycles. The summed E-state index contributed by atoms with van der Waals surface area (Å²) in [6.45, 7) is 0.468. The van der Waals surface area contributed by atoms with Crippen LogP contribution < -0.4 is 5.32 Å². The van der Waals surface area contributed by atoms with E-state index in [1.807, 2.05) is 0 Å². The normalized spacial score (nSPS) is 10.6. The Morgan fingerprint density at radius 3 is 2.35 bits per heavy atom. The maximum Gasteiger partial charge on any atom is 0.230 e. The molecule has 2 aromatic carbocycles. The largest absolute Gasteiger partial charge is 0.355 e. The molecule has 2 aromatic rings. The highest BCUT2D eigenvalue weighted by Gasteiger charge is 2.05. The molecular weight excluding hydrogens is 323 g/mol. The Labute approximate surface area is 137 Å². The van der Waals surface area contributed by atoms with Gasteiger partial charge in [-0.2, -0.15) is 0 Å². The van der Waals surface area contributed by atoms with Crippen LogP contribution in [-0.4, -0.2) is 18.2 Å². The highest BCUT2D eigenvalue weighted by Crippen LogP contribution is 2.15. The third kappa shape index (κ3) is 5.98. The van der Waals surface area contributed by atoms with Gasteiger partial charge in [0.25, 0.3) is 0 Å². The van der Waals surface area contributed by atoms with E-state index >= 15 is 0 Å². The molecule has 0 aliphatic rings. The van der Waals surface area contributed by atoms with Gasteiger partial charge < -0.3 is 5.32 Å². The summed E-state index contributed by atoms with van der Waals surface area (Å²) in [5.74, 6) is -1.50. The minimum atomic E-state index is -0.883. The molecule has 0 unspecified atom stereocenters. The predicted molar refractivity (Wildman–Crippen MR) is 85.6 cm³/mol. The van der Waals surface area contributed by atoms with Crippen LogP contribution in [-0.2, 0) is 17.0 Å². The topological polar surface area (TPSA) is 29.1 Å². The second kappa shape index (κ2) is 8.62. The summed E-state index contributed by atoms with van der Waals surface area (Å²) in [5.41, 5.74) is 1.58. The molecule has 0 heterocycles. The molecular formula is C17H16F3NOS. The number of thioether (sulfide) groups is 1. The van der Waals surface area contributed by atoms with Gasteiger partial charge in [-0.3, -0.25) is 4.79 Å². The quantitative estimate of drug-likeness (QED) is 0.833. The van der Waals surface area contributed by atoms with Crippen molar-refractivity contribution in [2.75, 3.05) is 12.3 Å². The molecule has 0 aliphatic carbocycles. The van der Waals surface area contributed by atoms with Gasteiger partial charge in [-0.1, -0.05) is 18.2 Å². The lowest BCUT2D eigenvalue weighted by Crippen LogP contribution is -2.27. The van der Waals surface area contributed by atoms with Crippen molar-refractivity contribution in [3.05, 3.63) is 71.0 Å². The summed E-state index contributed by atoms with van der Waals surface area (Å²) in [5, 5.41) is 2.76. The van der Waals surface area contributed by atoms with Crippen LogP contribution in [0.25, 0.3) is 0 Å². The molecule has 2 rings (SSSR count). The fourth-order valence-corrected chi connectivity index (χ4v) is 2.74. The molecule has 0 atom stereocenters. The molecule has 0 saturated heterocycles. The van der Waals surface area contributed by atoms with E-state index in [0.29, 0.717) is 24.3 Å². The predicted octanol–water partition coefficient (Wildman–Crippen LogP) is 3.70. The number of nitrogens with one attached hydrogen (secondary N) is 1. The molecule has 0 aliphatic heterocycles. The van der Waals surface area contributed by atoms with Crippen molar-refractivity contribution in [1.82, 2.24) is 5.32 Å². The van der Waals surface area contributed by atoms with Crippen molar-refractivity contribution >= 4 is 17.7 Å². The Bertz CT molecular complexity index is 661.